The lowest BCUT2D eigenvalue weighted by atomic mass is 9.78. The van der Waals surface area contributed by atoms with Crippen LogP contribution in [0, 0.1) is 23.7 Å². The third-order valence-corrected chi connectivity index (χ3v) is 9.19. The molecule has 0 radical (unpaired) electrons. The predicted octanol–water partition coefficient (Wildman–Crippen LogP) is 4.83. The van der Waals surface area contributed by atoms with Crippen LogP contribution in [0.3, 0.4) is 0 Å². The minimum absolute atomic E-state index is 0.0127. The molecule has 4 nitrogen and oxygen atoms in total. The molecule has 2 aromatic rings. The van der Waals surface area contributed by atoms with Crippen LogP contribution in [0.1, 0.15) is 49.7 Å². The topological polar surface area (TPSA) is 40.5 Å². The quantitative estimate of drug-likeness (QED) is 0.600. The van der Waals surface area contributed by atoms with E-state index in [-0.39, 0.29) is 11.8 Å². The van der Waals surface area contributed by atoms with E-state index in [1.54, 1.807) is 0 Å². The molecule has 182 valence electrons. The SMILES string of the molecule is CN(CC1C2CCC1C[N+](C)(Cc1ccccc1)C2)C(=O)[C@](O)(c1ccccc1)C1CCCC1. The van der Waals surface area contributed by atoms with Gasteiger partial charge in [-0.2, -0.15) is 0 Å². The van der Waals surface area contributed by atoms with E-state index in [2.05, 4.69) is 37.4 Å². The first kappa shape index (κ1) is 23.6. The molecule has 2 saturated carbocycles. The second-order valence-electron chi connectivity index (χ2n) is 11.7. The van der Waals surface area contributed by atoms with Crippen LogP contribution in [0.5, 0.6) is 0 Å². The second kappa shape index (κ2) is 9.47. The normalized spacial score (nSPS) is 30.7. The van der Waals surface area contributed by atoms with E-state index < -0.39 is 5.60 Å². The van der Waals surface area contributed by atoms with Crippen LogP contribution >= 0.6 is 0 Å². The van der Waals surface area contributed by atoms with E-state index in [0.717, 1.165) is 48.8 Å². The smallest absolute Gasteiger partial charge is 0.259 e. The van der Waals surface area contributed by atoms with Gasteiger partial charge in [0, 0.05) is 36.9 Å². The van der Waals surface area contributed by atoms with Gasteiger partial charge >= 0.3 is 0 Å². The number of carbonyl (C=O) groups is 1. The van der Waals surface area contributed by atoms with E-state index in [9.17, 15) is 9.90 Å². The van der Waals surface area contributed by atoms with Crippen LogP contribution < -0.4 is 0 Å². The Morgan fingerprint density at radius 1 is 0.941 bits per heavy atom. The molecule has 2 bridgehead atoms. The van der Waals surface area contributed by atoms with E-state index in [1.807, 2.05) is 42.3 Å². The number of aliphatic hydroxyl groups is 1. The van der Waals surface area contributed by atoms with Crippen molar-refractivity contribution < 1.29 is 14.4 Å². The van der Waals surface area contributed by atoms with Gasteiger partial charge in [-0.3, -0.25) is 4.79 Å². The van der Waals surface area contributed by atoms with Crippen molar-refractivity contribution in [2.75, 3.05) is 33.7 Å². The summed E-state index contributed by atoms with van der Waals surface area (Å²) in [6, 6.07) is 20.6. The van der Waals surface area contributed by atoms with Crippen molar-refractivity contribution in [3.05, 3.63) is 71.8 Å². The second-order valence-corrected chi connectivity index (χ2v) is 11.7. The average Bonchev–Trinajstić information content (AvgIpc) is 3.47. The Balaban J connectivity index is 1.30. The number of hydrogen-bond acceptors (Lipinski definition) is 2. The minimum atomic E-state index is -1.40. The molecule has 5 rings (SSSR count). The number of piperidine rings is 1. The zero-order chi connectivity index (χ0) is 23.8. The van der Waals surface area contributed by atoms with Gasteiger partial charge in [-0.05, 0) is 37.2 Å². The van der Waals surface area contributed by atoms with Crippen molar-refractivity contribution in [2.45, 2.75) is 50.7 Å². The van der Waals surface area contributed by atoms with Gasteiger partial charge < -0.3 is 14.5 Å². The van der Waals surface area contributed by atoms with Gasteiger partial charge in [-0.15, -0.1) is 0 Å². The molecular weight excluding hydrogens is 420 g/mol. The summed E-state index contributed by atoms with van der Waals surface area (Å²) < 4.78 is 1.10. The van der Waals surface area contributed by atoms with Crippen molar-refractivity contribution in [2.24, 2.45) is 23.7 Å². The molecule has 4 heteroatoms. The molecule has 1 aliphatic heterocycles. The molecule has 1 amide bonds. The number of rotatable bonds is 7. The molecule has 2 unspecified atom stereocenters. The summed E-state index contributed by atoms with van der Waals surface area (Å²) in [5.41, 5.74) is 0.773. The number of quaternary nitrogens is 1. The lowest BCUT2D eigenvalue weighted by Crippen LogP contribution is -2.57. The van der Waals surface area contributed by atoms with Gasteiger partial charge in [0.2, 0.25) is 0 Å². The summed E-state index contributed by atoms with van der Waals surface area (Å²) in [7, 11) is 4.34. The molecule has 1 saturated heterocycles. The van der Waals surface area contributed by atoms with Gasteiger partial charge in [-0.25, -0.2) is 0 Å². The fourth-order valence-electron chi connectivity index (χ4n) is 7.61. The zero-order valence-corrected chi connectivity index (χ0v) is 20.9. The molecule has 3 aliphatic rings. The number of hydrogen-bond donors (Lipinski definition) is 1. The van der Waals surface area contributed by atoms with Crippen molar-refractivity contribution in [1.82, 2.24) is 4.90 Å². The predicted molar refractivity (Wildman–Crippen MR) is 136 cm³/mol. The molecule has 2 aliphatic carbocycles. The number of amides is 1. The number of likely N-dealkylation sites (N-methyl/N-ethyl adjacent to an activating group) is 1. The molecule has 34 heavy (non-hydrogen) atoms. The maximum absolute atomic E-state index is 13.9. The van der Waals surface area contributed by atoms with Gasteiger partial charge in [0.05, 0.1) is 20.1 Å². The van der Waals surface area contributed by atoms with Gasteiger partial charge in [0.1, 0.15) is 6.54 Å². The first-order valence-corrected chi connectivity index (χ1v) is 13.3. The molecule has 3 fully saturated rings. The van der Waals surface area contributed by atoms with E-state index in [0.29, 0.717) is 17.8 Å². The Morgan fingerprint density at radius 3 is 2.09 bits per heavy atom. The summed E-state index contributed by atoms with van der Waals surface area (Å²) in [5.74, 6) is 1.76. The van der Waals surface area contributed by atoms with Crippen LogP contribution in [0.4, 0.5) is 0 Å². The molecule has 2 aromatic carbocycles. The number of likely N-dealkylation sites (tertiary alicyclic amines) is 1. The van der Waals surface area contributed by atoms with Crippen molar-refractivity contribution in [3.8, 4) is 0 Å². The Morgan fingerprint density at radius 2 is 1.50 bits per heavy atom. The third-order valence-electron chi connectivity index (χ3n) is 9.19. The Kier molecular flexibility index (Phi) is 6.56. The maximum Gasteiger partial charge on any atom is 0.259 e. The molecule has 1 N–H and O–H groups in total. The first-order chi connectivity index (χ1) is 16.4. The first-order valence-electron chi connectivity index (χ1n) is 13.3. The Labute approximate surface area is 205 Å². The Hall–Kier alpha value is -2.17. The van der Waals surface area contributed by atoms with E-state index in [1.165, 1.54) is 31.5 Å². The summed E-state index contributed by atoms with van der Waals surface area (Å²) in [5, 5.41) is 12.0. The van der Waals surface area contributed by atoms with E-state index in [4.69, 9.17) is 0 Å². The van der Waals surface area contributed by atoms with Crippen LogP contribution in [0.15, 0.2) is 60.7 Å². The van der Waals surface area contributed by atoms with Crippen LogP contribution in [0.2, 0.25) is 0 Å². The summed E-state index contributed by atoms with van der Waals surface area (Å²) in [6.45, 7) is 4.22. The molecular formula is C30H41N2O2+. The van der Waals surface area contributed by atoms with Crippen LogP contribution in [-0.4, -0.2) is 54.1 Å². The highest BCUT2D eigenvalue weighted by Crippen LogP contribution is 2.46. The minimum Gasteiger partial charge on any atom is -0.375 e. The largest absolute Gasteiger partial charge is 0.375 e. The number of fused-ring (bicyclic) bond motifs is 2. The fourth-order valence-corrected chi connectivity index (χ4v) is 7.61. The van der Waals surface area contributed by atoms with Crippen molar-refractivity contribution in [3.63, 3.8) is 0 Å². The van der Waals surface area contributed by atoms with Crippen molar-refractivity contribution in [1.29, 1.82) is 0 Å². The third kappa shape index (κ3) is 4.43. The highest BCUT2D eigenvalue weighted by Gasteiger charge is 2.51. The number of nitrogens with zero attached hydrogens (tertiary/aromatic N) is 2. The summed E-state index contributed by atoms with van der Waals surface area (Å²) in [6.07, 6.45) is 6.59. The number of carbonyl (C=O) groups excluding carboxylic acids is 1. The monoisotopic (exact) mass is 461 g/mol. The standard InChI is InChI=1S/C30H41N2O2/c1-31(29(33)30(34,27-15-9-10-16-27)26-13-7-4-8-14-26)19-28-24-17-18-25(28)22-32(2,21-24)20-23-11-5-3-6-12-23/h3-8,11-14,24-25,27-28,34H,9-10,15-22H2,1-2H3/q+1/t24?,25?,28?,30-,32?/m0/s1. The molecule has 0 spiro atoms. The Bertz CT molecular complexity index is 958. The highest BCUT2D eigenvalue weighted by molar-refractivity contribution is 5.86. The highest BCUT2D eigenvalue weighted by atomic mass is 16.3. The van der Waals surface area contributed by atoms with Crippen LogP contribution in [-0.2, 0) is 16.9 Å². The van der Waals surface area contributed by atoms with E-state index >= 15 is 0 Å². The molecule has 3 atom stereocenters. The molecule has 0 aromatic heterocycles. The maximum atomic E-state index is 13.9. The van der Waals surface area contributed by atoms with Gasteiger partial charge in [0.15, 0.2) is 5.60 Å². The number of benzene rings is 2. The lowest BCUT2D eigenvalue weighted by molar-refractivity contribution is -0.933. The fraction of sp³-hybridized carbons (Fsp3) is 0.567. The lowest BCUT2D eigenvalue weighted by Gasteiger charge is -2.46. The zero-order valence-electron chi connectivity index (χ0n) is 20.9. The summed E-state index contributed by atoms with van der Waals surface area (Å²) >= 11 is 0. The van der Waals surface area contributed by atoms with Gasteiger partial charge in [0.25, 0.3) is 5.91 Å². The summed E-state index contributed by atoms with van der Waals surface area (Å²) in [4.78, 5) is 15.8. The molecule has 1 heterocycles. The average molecular weight is 462 g/mol. The van der Waals surface area contributed by atoms with Gasteiger partial charge in [-0.1, -0.05) is 73.5 Å². The van der Waals surface area contributed by atoms with Crippen molar-refractivity contribution >= 4 is 5.91 Å². The van der Waals surface area contributed by atoms with Crippen LogP contribution in [0.25, 0.3) is 0 Å².